The molecular weight excluding hydrogens is 624 g/mol. The van der Waals surface area contributed by atoms with Crippen LogP contribution in [0.25, 0.3) is 5.76 Å². The second kappa shape index (κ2) is 10.9. The van der Waals surface area contributed by atoms with Crippen LogP contribution in [0.5, 0.6) is 17.2 Å². The molecule has 0 saturated heterocycles. The van der Waals surface area contributed by atoms with E-state index in [-0.39, 0.29) is 35.7 Å². The van der Waals surface area contributed by atoms with Gasteiger partial charge in [-0.3, -0.25) is 19.3 Å². The van der Waals surface area contributed by atoms with E-state index in [1.165, 1.54) is 27.3 Å². The molecule has 3 aliphatic rings. The van der Waals surface area contributed by atoms with Crippen molar-refractivity contribution >= 4 is 34.6 Å². The summed E-state index contributed by atoms with van der Waals surface area (Å²) < 4.78 is 5.08. The number of aromatic hydroxyl groups is 2. The number of primary amides is 1. The number of aliphatic hydroxyl groups is 2. The normalized spacial score (nSPS) is 28.0. The van der Waals surface area contributed by atoms with Gasteiger partial charge in [-0.2, -0.15) is 5.26 Å². The van der Waals surface area contributed by atoms with Crippen LogP contribution >= 0.6 is 0 Å². The molecule has 0 heterocycles. The van der Waals surface area contributed by atoms with Crippen LogP contribution in [0.15, 0.2) is 41.2 Å². The SMILES string of the molecule is COc1ccc(CNc2cc(N(C)C)c3c(c2O)C(O)=C2C(=O)[C@]4(C#N)C(=O)C(C(N)=O)=C(O)[C@@](N)(N(C)C)[C@]4(N)C[C@]2(N)C3)cc1O. The Morgan fingerprint density at radius 3 is 2.23 bits per heavy atom. The third kappa shape index (κ3) is 4.12. The number of carbonyl (C=O) groups is 3. The molecule has 2 aromatic carbocycles. The van der Waals surface area contributed by atoms with E-state index in [0.29, 0.717) is 16.8 Å². The highest BCUT2D eigenvalue weighted by atomic mass is 16.5. The van der Waals surface area contributed by atoms with Gasteiger partial charge in [0.1, 0.15) is 28.5 Å². The van der Waals surface area contributed by atoms with Gasteiger partial charge in [0.15, 0.2) is 17.3 Å². The Labute approximate surface area is 275 Å². The highest BCUT2D eigenvalue weighted by molar-refractivity contribution is 6.34. The molecule has 1 fully saturated rings. The van der Waals surface area contributed by atoms with E-state index in [9.17, 15) is 40.1 Å². The molecule has 3 aliphatic carbocycles. The quantitative estimate of drug-likeness (QED) is 0.0788. The number of ketones is 2. The summed E-state index contributed by atoms with van der Waals surface area (Å²) in [6.45, 7) is 0.102. The van der Waals surface area contributed by atoms with E-state index in [1.807, 2.05) is 0 Å². The standard InChI is InChI=1S/C32H38N8O8/c1-39(2)17-9-16(38-11-14-6-7-19(48-5)18(41)8-14)23(42)20-15(17)10-29(35)12-31(36)30(13-33,27(46)22(29)24(20)43)25(44)21(28(34)47)26(45)32(31,37)40(3)4/h6-9,38,41-43,45H,10-12,35-37H2,1-5H3,(H2,34,47)/t29-,30+,31+,32-/m1/s1. The number of phenolic OH excluding ortho intramolecular Hbond substituents is 2. The molecule has 0 aliphatic heterocycles. The summed E-state index contributed by atoms with van der Waals surface area (Å²) in [7, 11) is 7.55. The lowest BCUT2D eigenvalue weighted by Gasteiger charge is -2.62. The van der Waals surface area contributed by atoms with Gasteiger partial charge in [-0.05, 0) is 56.3 Å². The zero-order valence-electron chi connectivity index (χ0n) is 27.0. The second-order valence-electron chi connectivity index (χ2n) is 12.9. The fourth-order valence-corrected chi connectivity index (χ4v) is 7.44. The summed E-state index contributed by atoms with van der Waals surface area (Å²) in [5, 5.41) is 58.6. The number of fused-ring (bicyclic) bond motifs is 3. The van der Waals surface area contributed by atoms with E-state index in [4.69, 9.17) is 27.7 Å². The fourth-order valence-electron chi connectivity index (χ4n) is 7.44. The van der Waals surface area contributed by atoms with Crippen molar-refractivity contribution in [3.05, 3.63) is 57.9 Å². The molecule has 0 unspecified atom stereocenters. The van der Waals surface area contributed by atoms with Gasteiger partial charge in [0.05, 0.1) is 41.1 Å². The lowest BCUT2D eigenvalue weighted by Crippen LogP contribution is -2.87. The third-order valence-corrected chi connectivity index (χ3v) is 9.85. The molecule has 2 aromatic rings. The number of aliphatic hydroxyl groups excluding tert-OH is 2. The number of nitriles is 1. The number of methoxy groups -OCH3 is 1. The molecule has 48 heavy (non-hydrogen) atoms. The minimum absolute atomic E-state index is 0.101. The smallest absolute Gasteiger partial charge is 0.255 e. The van der Waals surface area contributed by atoms with Crippen LogP contribution in [0, 0.1) is 16.7 Å². The number of Topliss-reactive ketones (excluding diaryl/α,β-unsaturated/α-hetero) is 2. The van der Waals surface area contributed by atoms with E-state index in [0.717, 1.165) is 4.90 Å². The first-order valence-corrected chi connectivity index (χ1v) is 14.7. The monoisotopic (exact) mass is 662 g/mol. The Morgan fingerprint density at radius 1 is 1.06 bits per heavy atom. The van der Waals surface area contributed by atoms with Crippen LogP contribution in [0.3, 0.4) is 0 Å². The number of likely N-dealkylation sites (N-methyl/N-ethyl adjacent to an activating group) is 1. The predicted molar refractivity (Wildman–Crippen MR) is 174 cm³/mol. The Morgan fingerprint density at radius 2 is 1.71 bits per heavy atom. The van der Waals surface area contributed by atoms with Crippen LogP contribution in [0.4, 0.5) is 11.4 Å². The number of benzene rings is 2. The van der Waals surface area contributed by atoms with E-state index < -0.39 is 74.5 Å². The Bertz CT molecular complexity index is 1920. The van der Waals surface area contributed by atoms with Gasteiger partial charge >= 0.3 is 0 Å². The van der Waals surface area contributed by atoms with Crippen molar-refractivity contribution in [1.82, 2.24) is 4.90 Å². The molecule has 0 radical (unpaired) electrons. The van der Waals surface area contributed by atoms with Crippen LogP contribution in [-0.4, -0.2) is 94.8 Å². The van der Waals surface area contributed by atoms with Crippen LogP contribution in [-0.2, 0) is 27.3 Å². The number of nitrogens with zero attached hydrogens (tertiary/aromatic N) is 3. The van der Waals surface area contributed by atoms with Crippen molar-refractivity contribution in [2.24, 2.45) is 28.3 Å². The number of ether oxygens (including phenoxy) is 1. The highest BCUT2D eigenvalue weighted by Crippen LogP contribution is 2.60. The number of nitrogens with one attached hydrogen (secondary N) is 1. The van der Waals surface area contributed by atoms with E-state index in [1.54, 1.807) is 43.3 Å². The molecule has 254 valence electrons. The van der Waals surface area contributed by atoms with Gasteiger partial charge in [-0.15, -0.1) is 0 Å². The first-order chi connectivity index (χ1) is 22.3. The second-order valence-corrected chi connectivity index (χ2v) is 12.9. The number of carbonyl (C=O) groups excluding carboxylic acids is 3. The molecule has 4 atom stereocenters. The van der Waals surface area contributed by atoms with E-state index in [2.05, 4.69) is 5.32 Å². The molecule has 1 saturated carbocycles. The molecule has 16 heteroatoms. The largest absolute Gasteiger partial charge is 0.508 e. The number of anilines is 2. The van der Waals surface area contributed by atoms with Crippen molar-refractivity contribution in [3.8, 4) is 23.3 Å². The number of phenols is 2. The molecule has 0 bridgehead atoms. The van der Waals surface area contributed by atoms with Crippen LogP contribution < -0.4 is 37.9 Å². The number of amides is 1. The van der Waals surface area contributed by atoms with Crippen molar-refractivity contribution in [3.63, 3.8) is 0 Å². The Kier molecular flexibility index (Phi) is 7.69. The first-order valence-electron chi connectivity index (χ1n) is 14.7. The molecule has 5 rings (SSSR count). The summed E-state index contributed by atoms with van der Waals surface area (Å²) in [5.41, 5.74) is 15.9. The number of rotatable bonds is 7. The third-order valence-electron chi connectivity index (χ3n) is 9.85. The maximum Gasteiger partial charge on any atom is 0.255 e. The maximum atomic E-state index is 14.7. The van der Waals surface area contributed by atoms with Crippen molar-refractivity contribution in [1.29, 1.82) is 5.26 Å². The van der Waals surface area contributed by atoms with E-state index >= 15 is 0 Å². The summed E-state index contributed by atoms with van der Waals surface area (Å²) in [4.78, 5) is 44.1. The molecular formula is C32H38N8O8. The first kappa shape index (κ1) is 34.0. The fraction of sp³-hybridized carbons (Fsp3) is 0.375. The zero-order chi connectivity index (χ0) is 35.9. The topological polar surface area (TPSA) is 288 Å². The van der Waals surface area contributed by atoms with Gasteiger partial charge in [0, 0.05) is 26.3 Å². The Hall–Kier alpha value is -5.34. The van der Waals surface area contributed by atoms with Crippen molar-refractivity contribution in [2.75, 3.05) is 45.5 Å². The molecule has 1 amide bonds. The molecule has 0 aromatic heterocycles. The minimum Gasteiger partial charge on any atom is -0.508 e. The predicted octanol–water partition coefficient (Wildman–Crippen LogP) is -0.416. The summed E-state index contributed by atoms with van der Waals surface area (Å²) >= 11 is 0. The van der Waals surface area contributed by atoms with Crippen LogP contribution in [0.1, 0.15) is 23.1 Å². The molecule has 0 spiro atoms. The average Bonchev–Trinajstić information content (AvgIpc) is 2.99. The lowest BCUT2D eigenvalue weighted by molar-refractivity contribution is -0.150. The van der Waals surface area contributed by atoms with Crippen LogP contribution in [0.2, 0.25) is 0 Å². The molecule has 13 N–H and O–H groups in total. The zero-order valence-corrected chi connectivity index (χ0v) is 27.0. The van der Waals surface area contributed by atoms with Gasteiger partial charge in [0.25, 0.3) is 5.91 Å². The maximum absolute atomic E-state index is 14.7. The number of hydrogen-bond donors (Lipinski definition) is 9. The Balaban J connectivity index is 1.75. The summed E-state index contributed by atoms with van der Waals surface area (Å²) in [5.74, 6) is -6.45. The van der Waals surface area contributed by atoms with Crippen molar-refractivity contribution < 1.29 is 39.5 Å². The average molecular weight is 663 g/mol. The minimum atomic E-state index is -2.99. The number of hydrogen-bond acceptors (Lipinski definition) is 15. The molecule has 16 nitrogen and oxygen atoms in total. The van der Waals surface area contributed by atoms with Gasteiger partial charge in [-0.25, -0.2) is 0 Å². The number of nitrogens with two attached hydrogens (primary N) is 4. The summed E-state index contributed by atoms with van der Waals surface area (Å²) in [6.07, 6.45) is -0.865. The lowest BCUT2D eigenvalue weighted by atomic mass is 9.45. The summed E-state index contributed by atoms with van der Waals surface area (Å²) in [6, 6.07) is 8.01. The van der Waals surface area contributed by atoms with Gasteiger partial charge in [-0.1, -0.05) is 6.07 Å². The van der Waals surface area contributed by atoms with Gasteiger partial charge < -0.3 is 58.3 Å². The van der Waals surface area contributed by atoms with Gasteiger partial charge in [0.2, 0.25) is 11.2 Å². The van der Waals surface area contributed by atoms with Crippen molar-refractivity contribution in [2.45, 2.75) is 36.1 Å². The highest BCUT2D eigenvalue weighted by Gasteiger charge is 2.79.